The van der Waals surface area contributed by atoms with Gasteiger partial charge < -0.3 is 19.1 Å². The van der Waals surface area contributed by atoms with E-state index in [0.717, 1.165) is 44.1 Å². The number of fused-ring (bicyclic) bond motifs is 1. The van der Waals surface area contributed by atoms with Crippen molar-refractivity contribution in [1.29, 1.82) is 0 Å². The van der Waals surface area contributed by atoms with Gasteiger partial charge in [-0.3, -0.25) is 4.79 Å². The summed E-state index contributed by atoms with van der Waals surface area (Å²) in [5.41, 5.74) is 3.41. The van der Waals surface area contributed by atoms with Gasteiger partial charge >= 0.3 is 11.9 Å². The normalized spacial score (nSPS) is 11.3. The molecule has 0 amide bonds. The van der Waals surface area contributed by atoms with Gasteiger partial charge in [-0.1, -0.05) is 29.3 Å². The Labute approximate surface area is 244 Å². The number of azo groups is 2. The number of esters is 2. The number of aryl methyl sites for hydroxylation is 1. The molecule has 0 saturated carbocycles. The monoisotopic (exact) mass is 592 g/mol. The first-order valence-corrected chi connectivity index (χ1v) is 14.2. The van der Waals surface area contributed by atoms with Gasteiger partial charge in [-0.2, -0.15) is 0 Å². The fourth-order valence-corrected chi connectivity index (χ4v) is 5.40. The molecule has 0 unspecified atom stereocenters. The molecule has 4 rings (SSSR count). The lowest BCUT2D eigenvalue weighted by atomic mass is 10.1. The van der Waals surface area contributed by atoms with Gasteiger partial charge in [-0.15, -0.1) is 20.5 Å². The summed E-state index contributed by atoms with van der Waals surface area (Å²) in [5.74, 6) is -0.295. The first kappa shape index (κ1) is 29.5. The molecule has 0 radical (unpaired) electrons. The smallest absolute Gasteiger partial charge is 0.333 e. The number of thiophene rings is 1. The van der Waals surface area contributed by atoms with Gasteiger partial charge in [-0.25, -0.2) is 9.78 Å². The summed E-state index contributed by atoms with van der Waals surface area (Å²) in [4.78, 5) is 29.6. The van der Waals surface area contributed by atoms with Crippen molar-refractivity contribution in [1.82, 2.24) is 4.98 Å². The summed E-state index contributed by atoms with van der Waals surface area (Å²) in [6, 6.07) is 14.8. The van der Waals surface area contributed by atoms with Crippen LogP contribution >= 0.6 is 22.7 Å². The van der Waals surface area contributed by atoms with Crippen LogP contribution in [0.5, 0.6) is 5.75 Å². The molecule has 0 saturated heterocycles. The van der Waals surface area contributed by atoms with Crippen molar-refractivity contribution < 1.29 is 23.8 Å². The molecule has 2 aromatic carbocycles. The van der Waals surface area contributed by atoms with Gasteiger partial charge in [-0.05, 0) is 67.9 Å². The molecule has 2 heterocycles. The average Bonchev–Trinajstić information content (AvgIpc) is 3.52. The fraction of sp³-hybridized carbons (Fsp3) is 0.250. The van der Waals surface area contributed by atoms with Crippen molar-refractivity contribution in [3.05, 3.63) is 66.7 Å². The molecule has 0 fully saturated rings. The zero-order chi connectivity index (χ0) is 29.2. The van der Waals surface area contributed by atoms with Crippen LogP contribution in [-0.4, -0.2) is 43.4 Å². The van der Waals surface area contributed by atoms with Gasteiger partial charge in [0.05, 0.1) is 22.6 Å². The third-order valence-electron chi connectivity index (χ3n) is 5.60. The van der Waals surface area contributed by atoms with Gasteiger partial charge in [0.2, 0.25) is 11.9 Å². The predicted octanol–water partition coefficient (Wildman–Crippen LogP) is 7.95. The number of benzene rings is 2. The Kier molecular flexibility index (Phi) is 10.2. The highest BCUT2D eigenvalue weighted by Gasteiger charge is 2.10. The molecule has 212 valence electrons. The van der Waals surface area contributed by atoms with Crippen LogP contribution in [0.15, 0.2) is 81.6 Å². The molecule has 0 aliphatic rings. The standard InChI is InChI=1S/C28H28N6O5S2/c1-5-26(36)39-17-38-22-10-7-20(8-11-22)30-32-25-16-24-27(41-25)29-28(40-24)33-31-23-12-9-21(15-18(23)3)34(6-2)13-14-37-19(4)35/h5,7-12,15-16H,1,6,13-14,17H2,2-4H3. The van der Waals surface area contributed by atoms with E-state index in [1.54, 1.807) is 24.3 Å². The SMILES string of the molecule is C=CC(=O)OCOc1ccc(N=Nc2cc3sc(N=Nc4ccc(N(CC)CCOC(C)=O)cc4C)nc3s2)cc1. The minimum Gasteiger partial charge on any atom is -0.464 e. The maximum Gasteiger partial charge on any atom is 0.333 e. The second kappa shape index (κ2) is 14.2. The number of likely N-dealkylation sites (N-methyl/N-ethyl adjacent to an activating group) is 1. The van der Waals surface area contributed by atoms with E-state index in [0.29, 0.717) is 29.7 Å². The van der Waals surface area contributed by atoms with Crippen LogP contribution in [0.25, 0.3) is 9.53 Å². The van der Waals surface area contributed by atoms with E-state index in [2.05, 4.69) is 43.8 Å². The Morgan fingerprint density at radius 2 is 1.83 bits per heavy atom. The Hall–Kier alpha value is -4.49. The third kappa shape index (κ3) is 8.50. The van der Waals surface area contributed by atoms with Crippen molar-refractivity contribution in [2.45, 2.75) is 20.8 Å². The Balaban J connectivity index is 1.34. The summed E-state index contributed by atoms with van der Waals surface area (Å²) in [5, 5.41) is 18.6. The molecular formula is C28H28N6O5S2. The number of hydrogen-bond donors (Lipinski definition) is 0. The average molecular weight is 593 g/mol. The molecule has 13 heteroatoms. The van der Waals surface area contributed by atoms with Crippen molar-refractivity contribution in [3.63, 3.8) is 0 Å². The molecule has 0 N–H and O–H groups in total. The van der Waals surface area contributed by atoms with Gasteiger partial charge in [0.25, 0.3) is 0 Å². The first-order valence-electron chi connectivity index (χ1n) is 12.6. The van der Waals surface area contributed by atoms with E-state index in [-0.39, 0.29) is 12.8 Å². The molecule has 0 aliphatic heterocycles. The lowest BCUT2D eigenvalue weighted by molar-refractivity contribution is -0.144. The van der Waals surface area contributed by atoms with E-state index in [4.69, 9.17) is 14.2 Å². The Morgan fingerprint density at radius 3 is 2.51 bits per heavy atom. The predicted molar refractivity (Wildman–Crippen MR) is 160 cm³/mol. The largest absolute Gasteiger partial charge is 0.464 e. The van der Waals surface area contributed by atoms with Crippen LogP contribution in [0.4, 0.5) is 27.2 Å². The number of nitrogens with zero attached hydrogens (tertiary/aromatic N) is 6. The van der Waals surface area contributed by atoms with Crippen LogP contribution in [-0.2, 0) is 19.1 Å². The molecule has 11 nitrogen and oxygen atoms in total. The maximum atomic E-state index is 11.0. The van der Waals surface area contributed by atoms with E-state index in [1.165, 1.54) is 29.6 Å². The minimum absolute atomic E-state index is 0.198. The van der Waals surface area contributed by atoms with Crippen molar-refractivity contribution in [2.75, 3.05) is 31.4 Å². The van der Waals surface area contributed by atoms with Crippen molar-refractivity contribution in [3.8, 4) is 5.75 Å². The number of thiazole rings is 1. The second-order valence-electron chi connectivity index (χ2n) is 8.46. The highest BCUT2D eigenvalue weighted by atomic mass is 32.1. The van der Waals surface area contributed by atoms with Gasteiger partial charge in [0, 0.05) is 25.2 Å². The highest BCUT2D eigenvalue weighted by molar-refractivity contribution is 7.30. The van der Waals surface area contributed by atoms with E-state index < -0.39 is 5.97 Å². The second-order valence-corrected chi connectivity index (χ2v) is 10.5. The van der Waals surface area contributed by atoms with E-state index in [9.17, 15) is 9.59 Å². The summed E-state index contributed by atoms with van der Waals surface area (Å²) >= 11 is 2.85. The number of anilines is 1. The molecule has 4 aromatic rings. The molecule has 0 spiro atoms. The summed E-state index contributed by atoms with van der Waals surface area (Å²) in [6.07, 6.45) is 1.07. The molecular weight excluding hydrogens is 564 g/mol. The zero-order valence-electron chi connectivity index (χ0n) is 22.8. The van der Waals surface area contributed by atoms with Crippen LogP contribution in [0, 0.1) is 6.92 Å². The molecule has 0 bridgehead atoms. The summed E-state index contributed by atoms with van der Waals surface area (Å²) in [7, 11) is 0. The summed E-state index contributed by atoms with van der Waals surface area (Å²) in [6.45, 7) is 10.3. The fourth-order valence-electron chi connectivity index (χ4n) is 3.55. The number of hydrogen-bond acceptors (Lipinski definition) is 13. The number of carbonyl (C=O) groups is 2. The van der Waals surface area contributed by atoms with E-state index in [1.807, 2.05) is 31.2 Å². The molecule has 2 aromatic heterocycles. The number of rotatable bonds is 13. The third-order valence-corrected chi connectivity index (χ3v) is 7.53. The minimum atomic E-state index is -0.550. The maximum absolute atomic E-state index is 11.0. The van der Waals surface area contributed by atoms with Crippen LogP contribution in [0.1, 0.15) is 19.4 Å². The lowest BCUT2D eigenvalue weighted by Crippen LogP contribution is -2.27. The Morgan fingerprint density at radius 1 is 1.02 bits per heavy atom. The molecule has 0 aliphatic carbocycles. The number of aromatic nitrogens is 1. The molecule has 41 heavy (non-hydrogen) atoms. The molecule has 0 atom stereocenters. The van der Waals surface area contributed by atoms with Crippen LogP contribution in [0.3, 0.4) is 0 Å². The van der Waals surface area contributed by atoms with Crippen molar-refractivity contribution >= 4 is 71.3 Å². The lowest BCUT2D eigenvalue weighted by Gasteiger charge is -2.23. The zero-order valence-corrected chi connectivity index (χ0v) is 24.4. The number of ether oxygens (including phenoxy) is 3. The quantitative estimate of drug-likeness (QED) is 0.0667. The Bertz CT molecular complexity index is 1550. The highest BCUT2D eigenvalue weighted by Crippen LogP contribution is 2.39. The van der Waals surface area contributed by atoms with Crippen LogP contribution in [0.2, 0.25) is 0 Å². The topological polar surface area (TPSA) is 127 Å². The van der Waals surface area contributed by atoms with Gasteiger partial charge in [0.1, 0.15) is 22.2 Å². The van der Waals surface area contributed by atoms with Gasteiger partial charge in [0.15, 0.2) is 0 Å². The first-order chi connectivity index (χ1) is 19.8. The van der Waals surface area contributed by atoms with Crippen molar-refractivity contribution in [2.24, 2.45) is 20.5 Å². The van der Waals surface area contributed by atoms with Crippen LogP contribution < -0.4 is 9.64 Å². The summed E-state index contributed by atoms with van der Waals surface area (Å²) < 4.78 is 16.1. The van der Waals surface area contributed by atoms with E-state index >= 15 is 0 Å². The number of carbonyl (C=O) groups excluding carboxylic acids is 2.